The smallest absolute Gasteiger partial charge is 0.307 e. The van der Waals surface area contributed by atoms with Gasteiger partial charge in [0.2, 0.25) is 0 Å². The SMILES string of the molecule is COc1cc(-n2cnc3sc(-c4ccc(Cl)cc4)cc3c2=O)ccc1OCC(C)(C)OC(=O)CCC(=O)O. The zero-order chi connectivity index (χ0) is 27.4. The average molecular weight is 557 g/mol. The first-order valence-electron chi connectivity index (χ1n) is 11.6. The molecule has 0 amide bonds. The molecule has 4 aromatic rings. The maximum Gasteiger partial charge on any atom is 0.307 e. The molecule has 0 saturated carbocycles. The van der Waals surface area contributed by atoms with Crippen molar-refractivity contribution < 1.29 is 28.9 Å². The lowest BCUT2D eigenvalue weighted by Gasteiger charge is -2.25. The highest BCUT2D eigenvalue weighted by Gasteiger charge is 2.25. The monoisotopic (exact) mass is 556 g/mol. The molecule has 0 spiro atoms. The van der Waals surface area contributed by atoms with Crippen LogP contribution in [-0.4, -0.2) is 45.9 Å². The number of hydrogen-bond donors (Lipinski definition) is 1. The van der Waals surface area contributed by atoms with Crippen LogP contribution in [0.4, 0.5) is 0 Å². The first-order valence-corrected chi connectivity index (χ1v) is 12.8. The van der Waals surface area contributed by atoms with E-state index in [1.807, 2.05) is 18.2 Å². The summed E-state index contributed by atoms with van der Waals surface area (Å²) >= 11 is 7.42. The van der Waals surface area contributed by atoms with E-state index in [1.54, 1.807) is 44.2 Å². The molecule has 0 bridgehead atoms. The molecule has 2 aromatic carbocycles. The van der Waals surface area contributed by atoms with Gasteiger partial charge in [0.25, 0.3) is 5.56 Å². The van der Waals surface area contributed by atoms with Crippen LogP contribution in [-0.2, 0) is 14.3 Å². The van der Waals surface area contributed by atoms with Crippen molar-refractivity contribution in [3.63, 3.8) is 0 Å². The van der Waals surface area contributed by atoms with Crippen LogP contribution in [0, 0.1) is 0 Å². The summed E-state index contributed by atoms with van der Waals surface area (Å²) in [6.07, 6.45) is 0.940. The number of hydrogen-bond acceptors (Lipinski definition) is 8. The Bertz CT molecular complexity index is 1540. The Morgan fingerprint density at radius 1 is 1.08 bits per heavy atom. The fraction of sp³-hybridized carbons (Fsp3) is 0.259. The Morgan fingerprint density at radius 2 is 1.82 bits per heavy atom. The molecule has 0 atom stereocenters. The number of carbonyl (C=O) groups excluding carboxylic acids is 1. The quantitative estimate of drug-likeness (QED) is 0.260. The molecule has 2 heterocycles. The Labute approximate surface area is 227 Å². The predicted molar refractivity (Wildman–Crippen MR) is 145 cm³/mol. The lowest BCUT2D eigenvalue weighted by molar-refractivity contribution is -0.161. The number of aliphatic carboxylic acids is 1. The molecule has 0 saturated heterocycles. The van der Waals surface area contributed by atoms with Crippen LogP contribution in [0.1, 0.15) is 26.7 Å². The van der Waals surface area contributed by atoms with Gasteiger partial charge in [0.05, 0.1) is 31.0 Å². The number of fused-ring (bicyclic) bond motifs is 1. The molecule has 4 rings (SSSR count). The normalized spacial score (nSPS) is 11.4. The van der Waals surface area contributed by atoms with Gasteiger partial charge in [-0.25, -0.2) is 4.98 Å². The summed E-state index contributed by atoms with van der Waals surface area (Å²) in [5.41, 5.74) is 0.247. The van der Waals surface area contributed by atoms with Crippen molar-refractivity contribution in [3.8, 4) is 27.6 Å². The molecule has 0 unspecified atom stereocenters. The molecule has 198 valence electrons. The van der Waals surface area contributed by atoms with E-state index in [1.165, 1.54) is 29.3 Å². The second kappa shape index (κ2) is 11.2. The number of ether oxygens (including phenoxy) is 3. The van der Waals surface area contributed by atoms with E-state index in [4.69, 9.17) is 30.9 Å². The first-order chi connectivity index (χ1) is 18.1. The highest BCUT2D eigenvalue weighted by molar-refractivity contribution is 7.21. The molecule has 2 aromatic heterocycles. The molecule has 0 aliphatic carbocycles. The number of thiophene rings is 1. The second-order valence-corrected chi connectivity index (χ2v) is 10.5. The highest BCUT2D eigenvalue weighted by Crippen LogP contribution is 2.33. The zero-order valence-electron chi connectivity index (χ0n) is 20.9. The van der Waals surface area contributed by atoms with Gasteiger partial charge < -0.3 is 19.3 Å². The summed E-state index contributed by atoms with van der Waals surface area (Å²) in [5.74, 6) is -0.947. The number of halogens is 1. The van der Waals surface area contributed by atoms with E-state index in [0.717, 1.165) is 10.4 Å². The molecule has 9 nitrogen and oxygen atoms in total. The summed E-state index contributed by atoms with van der Waals surface area (Å²) in [6, 6.07) is 14.2. The van der Waals surface area contributed by atoms with Crippen LogP contribution >= 0.6 is 22.9 Å². The number of methoxy groups -OCH3 is 1. The Morgan fingerprint density at radius 3 is 2.50 bits per heavy atom. The molecule has 38 heavy (non-hydrogen) atoms. The highest BCUT2D eigenvalue weighted by atomic mass is 35.5. The third kappa shape index (κ3) is 6.32. The number of esters is 1. The fourth-order valence-corrected chi connectivity index (χ4v) is 4.76. The van der Waals surface area contributed by atoms with Gasteiger partial charge in [-0.3, -0.25) is 19.0 Å². The van der Waals surface area contributed by atoms with Gasteiger partial charge in [-0.2, -0.15) is 0 Å². The van der Waals surface area contributed by atoms with Crippen LogP contribution in [0.15, 0.2) is 59.7 Å². The van der Waals surface area contributed by atoms with Gasteiger partial charge in [-0.1, -0.05) is 23.7 Å². The Balaban J connectivity index is 1.54. The van der Waals surface area contributed by atoms with Gasteiger partial charge in [-0.15, -0.1) is 11.3 Å². The van der Waals surface area contributed by atoms with Crippen molar-refractivity contribution in [2.45, 2.75) is 32.3 Å². The van der Waals surface area contributed by atoms with Crippen LogP contribution < -0.4 is 15.0 Å². The third-order valence-corrected chi connectivity index (χ3v) is 6.86. The summed E-state index contributed by atoms with van der Waals surface area (Å²) in [6.45, 7) is 3.32. The van der Waals surface area contributed by atoms with Crippen molar-refractivity contribution >= 4 is 45.1 Å². The predicted octanol–water partition coefficient (Wildman–Crippen LogP) is 5.34. The Hall–Kier alpha value is -3.89. The molecule has 11 heteroatoms. The largest absolute Gasteiger partial charge is 0.493 e. The molecular formula is C27H25ClN2O7S. The van der Waals surface area contributed by atoms with E-state index >= 15 is 0 Å². The number of nitrogens with zero attached hydrogens (tertiary/aromatic N) is 2. The van der Waals surface area contributed by atoms with Crippen molar-refractivity contribution in [2.75, 3.05) is 13.7 Å². The molecule has 1 N–H and O–H groups in total. The van der Waals surface area contributed by atoms with Gasteiger partial charge in [0, 0.05) is 16.0 Å². The van der Waals surface area contributed by atoms with Gasteiger partial charge in [-0.05, 0) is 49.7 Å². The molecule has 0 radical (unpaired) electrons. The number of carboxylic acids is 1. The lowest BCUT2D eigenvalue weighted by atomic mass is 10.1. The molecule has 0 aliphatic heterocycles. The van der Waals surface area contributed by atoms with Crippen molar-refractivity contribution in [3.05, 3.63) is 70.2 Å². The van der Waals surface area contributed by atoms with Crippen LogP contribution in [0.2, 0.25) is 5.02 Å². The minimum atomic E-state index is -1.07. The van der Waals surface area contributed by atoms with Gasteiger partial charge >= 0.3 is 11.9 Å². The summed E-state index contributed by atoms with van der Waals surface area (Å²) < 4.78 is 18.1. The van der Waals surface area contributed by atoms with Crippen LogP contribution in [0.25, 0.3) is 26.3 Å². The minimum Gasteiger partial charge on any atom is -0.493 e. The second-order valence-electron chi connectivity index (χ2n) is 9.01. The van der Waals surface area contributed by atoms with E-state index in [0.29, 0.717) is 32.4 Å². The topological polar surface area (TPSA) is 117 Å². The zero-order valence-corrected chi connectivity index (χ0v) is 22.5. The average Bonchev–Trinajstić information content (AvgIpc) is 3.32. The Kier molecular flexibility index (Phi) is 8.03. The summed E-state index contributed by atoms with van der Waals surface area (Å²) in [7, 11) is 1.48. The van der Waals surface area contributed by atoms with Crippen molar-refractivity contribution in [1.82, 2.24) is 9.55 Å². The standard InChI is InChI=1S/C27H25ClN2O7S/c1-27(2,37-24(33)11-10-23(31)32)14-36-20-9-8-18(12-21(20)35-3)30-15-29-25-19(26(30)34)13-22(38-25)16-4-6-17(28)7-5-16/h4-9,12-13,15H,10-11,14H2,1-3H3,(H,31,32). The summed E-state index contributed by atoms with van der Waals surface area (Å²) in [5, 5.41) is 9.86. The van der Waals surface area contributed by atoms with E-state index < -0.39 is 17.5 Å². The lowest BCUT2D eigenvalue weighted by Crippen LogP contribution is -2.35. The van der Waals surface area contributed by atoms with Crippen molar-refractivity contribution in [1.29, 1.82) is 0 Å². The maximum atomic E-state index is 13.3. The number of carboxylic acid groups (broad SMARTS) is 1. The number of rotatable bonds is 10. The number of aromatic nitrogens is 2. The first kappa shape index (κ1) is 27.2. The number of carbonyl (C=O) groups is 2. The maximum absolute atomic E-state index is 13.3. The van der Waals surface area contributed by atoms with Gasteiger partial charge in [0.15, 0.2) is 11.5 Å². The van der Waals surface area contributed by atoms with Crippen molar-refractivity contribution in [2.24, 2.45) is 0 Å². The van der Waals surface area contributed by atoms with E-state index in [9.17, 15) is 14.4 Å². The molecule has 0 aliphatic rings. The minimum absolute atomic E-state index is 0.00262. The van der Waals surface area contributed by atoms with Gasteiger partial charge in [0.1, 0.15) is 23.4 Å². The summed E-state index contributed by atoms with van der Waals surface area (Å²) in [4.78, 5) is 41.9. The molecule has 0 fully saturated rings. The fourth-order valence-electron chi connectivity index (χ4n) is 3.64. The molecular weight excluding hydrogens is 532 g/mol. The van der Waals surface area contributed by atoms with E-state index in [-0.39, 0.29) is 25.0 Å². The van der Waals surface area contributed by atoms with E-state index in [2.05, 4.69) is 4.98 Å². The third-order valence-electron chi connectivity index (χ3n) is 5.51. The van der Waals surface area contributed by atoms with Crippen LogP contribution in [0.3, 0.4) is 0 Å². The number of benzene rings is 2. The van der Waals surface area contributed by atoms with Crippen LogP contribution in [0.5, 0.6) is 11.5 Å².